The summed E-state index contributed by atoms with van der Waals surface area (Å²) in [6.45, 7) is 2.70. The topological polar surface area (TPSA) is 75.8 Å². The molecule has 0 spiro atoms. The van der Waals surface area contributed by atoms with Crippen molar-refractivity contribution in [3.8, 4) is 0 Å². The third-order valence-electron chi connectivity index (χ3n) is 3.27. The summed E-state index contributed by atoms with van der Waals surface area (Å²) >= 11 is 0. The van der Waals surface area contributed by atoms with Gasteiger partial charge in [0.25, 0.3) is 0 Å². The molecule has 1 aliphatic rings. The molecular formula is C14H20N2O3. The Balaban J connectivity index is 2.06. The van der Waals surface area contributed by atoms with E-state index in [1.165, 1.54) is 0 Å². The fourth-order valence-electron chi connectivity index (χ4n) is 2.33. The van der Waals surface area contributed by atoms with E-state index in [1.807, 2.05) is 37.3 Å². The second-order valence-electron chi connectivity index (χ2n) is 4.88. The molecule has 1 aromatic carbocycles. The van der Waals surface area contributed by atoms with E-state index in [4.69, 9.17) is 15.6 Å². The lowest BCUT2D eigenvalue weighted by molar-refractivity contribution is -0.148. The lowest BCUT2D eigenvalue weighted by atomic mass is 10.1. The summed E-state index contributed by atoms with van der Waals surface area (Å²) < 4.78 is 5.52. The third kappa shape index (κ3) is 3.32. The lowest BCUT2D eigenvalue weighted by Crippen LogP contribution is -2.52. The Bertz CT molecular complexity index is 424. The first kappa shape index (κ1) is 14.0. The summed E-state index contributed by atoms with van der Waals surface area (Å²) in [6, 6.07) is 8.64. The monoisotopic (exact) mass is 264 g/mol. The van der Waals surface area contributed by atoms with E-state index >= 15 is 0 Å². The van der Waals surface area contributed by atoms with Crippen molar-refractivity contribution in [2.75, 3.05) is 19.7 Å². The maximum atomic E-state index is 12.4. The predicted molar refractivity (Wildman–Crippen MR) is 71.4 cm³/mol. The number of benzene rings is 1. The Morgan fingerprint density at radius 2 is 2.16 bits per heavy atom. The fourth-order valence-corrected chi connectivity index (χ4v) is 2.33. The Morgan fingerprint density at radius 1 is 1.47 bits per heavy atom. The molecule has 1 heterocycles. The zero-order valence-electron chi connectivity index (χ0n) is 11.0. The van der Waals surface area contributed by atoms with Gasteiger partial charge in [0.05, 0.1) is 18.8 Å². The molecule has 0 aliphatic carbocycles. The van der Waals surface area contributed by atoms with Crippen molar-refractivity contribution >= 4 is 5.91 Å². The lowest BCUT2D eigenvalue weighted by Gasteiger charge is -2.37. The molecule has 19 heavy (non-hydrogen) atoms. The molecular weight excluding hydrogens is 244 g/mol. The Morgan fingerprint density at radius 3 is 2.79 bits per heavy atom. The summed E-state index contributed by atoms with van der Waals surface area (Å²) in [4.78, 5) is 14.0. The molecule has 3 atom stereocenters. The van der Waals surface area contributed by atoms with E-state index in [-0.39, 0.29) is 24.7 Å². The number of aliphatic hydroxyl groups is 1. The van der Waals surface area contributed by atoms with E-state index in [0.717, 1.165) is 5.56 Å². The van der Waals surface area contributed by atoms with Crippen LogP contribution in [-0.2, 0) is 9.53 Å². The number of hydrogen-bond acceptors (Lipinski definition) is 4. The van der Waals surface area contributed by atoms with Crippen LogP contribution in [0.15, 0.2) is 30.3 Å². The number of morpholine rings is 1. The molecule has 104 valence electrons. The van der Waals surface area contributed by atoms with Gasteiger partial charge in [-0.2, -0.15) is 0 Å². The molecule has 0 aromatic heterocycles. The molecule has 1 saturated heterocycles. The highest BCUT2D eigenvalue weighted by molar-refractivity contribution is 5.83. The molecule has 5 heteroatoms. The second-order valence-corrected chi connectivity index (χ2v) is 4.88. The van der Waals surface area contributed by atoms with E-state index in [0.29, 0.717) is 13.1 Å². The van der Waals surface area contributed by atoms with Crippen LogP contribution in [0, 0.1) is 0 Å². The summed E-state index contributed by atoms with van der Waals surface area (Å²) in [5, 5.41) is 9.17. The van der Waals surface area contributed by atoms with E-state index in [2.05, 4.69) is 0 Å². The molecule has 5 nitrogen and oxygen atoms in total. The predicted octanol–water partition coefficient (Wildman–Crippen LogP) is 0.295. The highest BCUT2D eigenvalue weighted by Gasteiger charge is 2.30. The van der Waals surface area contributed by atoms with Crippen LogP contribution in [0.5, 0.6) is 0 Å². The minimum Gasteiger partial charge on any atom is -0.394 e. The van der Waals surface area contributed by atoms with Gasteiger partial charge in [-0.15, -0.1) is 0 Å². The SMILES string of the molecule is CC1CN(C(=O)C(N)c2ccccc2)CC(CO)O1. The molecule has 1 aliphatic heterocycles. The van der Waals surface area contributed by atoms with Crippen LogP contribution < -0.4 is 5.73 Å². The molecule has 3 unspecified atom stereocenters. The molecule has 0 radical (unpaired) electrons. The molecule has 3 N–H and O–H groups in total. The van der Waals surface area contributed by atoms with Crippen molar-refractivity contribution in [3.63, 3.8) is 0 Å². The molecule has 0 saturated carbocycles. The standard InChI is InChI=1S/C14H20N2O3/c1-10-7-16(8-12(9-17)19-10)14(18)13(15)11-5-3-2-4-6-11/h2-6,10,12-13,17H,7-9,15H2,1H3. The van der Waals surface area contributed by atoms with Gasteiger partial charge in [-0.25, -0.2) is 0 Å². The Labute approximate surface area is 113 Å². The van der Waals surface area contributed by atoms with Gasteiger partial charge >= 0.3 is 0 Å². The number of nitrogens with zero attached hydrogens (tertiary/aromatic N) is 1. The summed E-state index contributed by atoms with van der Waals surface area (Å²) in [6.07, 6.45) is -0.409. The molecule has 2 rings (SSSR count). The molecule has 0 bridgehead atoms. The second kappa shape index (κ2) is 6.14. The third-order valence-corrected chi connectivity index (χ3v) is 3.27. The van der Waals surface area contributed by atoms with Gasteiger partial charge < -0.3 is 20.5 Å². The van der Waals surface area contributed by atoms with Crippen molar-refractivity contribution in [1.29, 1.82) is 0 Å². The maximum absolute atomic E-state index is 12.4. The average Bonchev–Trinajstić information content (AvgIpc) is 2.46. The zero-order valence-corrected chi connectivity index (χ0v) is 11.0. The van der Waals surface area contributed by atoms with E-state index in [1.54, 1.807) is 4.90 Å². The van der Waals surface area contributed by atoms with Gasteiger partial charge in [-0.1, -0.05) is 30.3 Å². The van der Waals surface area contributed by atoms with Crippen LogP contribution in [-0.4, -0.2) is 47.8 Å². The van der Waals surface area contributed by atoms with Gasteiger partial charge in [-0.3, -0.25) is 4.79 Å². The van der Waals surface area contributed by atoms with Crippen molar-refractivity contribution in [1.82, 2.24) is 4.90 Å². The quantitative estimate of drug-likeness (QED) is 0.823. The molecule has 1 amide bonds. The summed E-state index contributed by atoms with van der Waals surface area (Å²) in [5.41, 5.74) is 6.81. The van der Waals surface area contributed by atoms with Crippen molar-refractivity contribution in [3.05, 3.63) is 35.9 Å². The molecule has 1 fully saturated rings. The highest BCUT2D eigenvalue weighted by Crippen LogP contribution is 2.17. The first-order chi connectivity index (χ1) is 9.11. The van der Waals surface area contributed by atoms with Crippen molar-refractivity contribution < 1.29 is 14.6 Å². The number of amides is 1. The largest absolute Gasteiger partial charge is 0.394 e. The number of ether oxygens (including phenoxy) is 1. The maximum Gasteiger partial charge on any atom is 0.244 e. The Hall–Kier alpha value is -1.43. The number of carbonyl (C=O) groups excluding carboxylic acids is 1. The fraction of sp³-hybridized carbons (Fsp3) is 0.500. The van der Waals surface area contributed by atoms with Crippen LogP contribution in [0.4, 0.5) is 0 Å². The molecule has 1 aromatic rings. The van der Waals surface area contributed by atoms with Crippen LogP contribution in [0.1, 0.15) is 18.5 Å². The zero-order chi connectivity index (χ0) is 13.8. The summed E-state index contributed by atoms with van der Waals surface area (Å²) in [7, 11) is 0. The van der Waals surface area contributed by atoms with Crippen LogP contribution >= 0.6 is 0 Å². The van der Waals surface area contributed by atoms with Gasteiger partial charge in [-0.05, 0) is 12.5 Å². The van der Waals surface area contributed by atoms with Gasteiger partial charge in [0.1, 0.15) is 6.04 Å². The van der Waals surface area contributed by atoms with Crippen molar-refractivity contribution in [2.24, 2.45) is 5.73 Å². The number of hydrogen-bond donors (Lipinski definition) is 2. The number of carbonyl (C=O) groups is 1. The van der Waals surface area contributed by atoms with Crippen LogP contribution in [0.25, 0.3) is 0 Å². The van der Waals surface area contributed by atoms with Gasteiger partial charge in [0, 0.05) is 13.1 Å². The van der Waals surface area contributed by atoms with Crippen LogP contribution in [0.3, 0.4) is 0 Å². The van der Waals surface area contributed by atoms with Gasteiger partial charge in [0.15, 0.2) is 0 Å². The van der Waals surface area contributed by atoms with Gasteiger partial charge in [0.2, 0.25) is 5.91 Å². The normalized spacial score (nSPS) is 25.1. The smallest absolute Gasteiger partial charge is 0.244 e. The average molecular weight is 264 g/mol. The van der Waals surface area contributed by atoms with E-state index < -0.39 is 6.04 Å². The van der Waals surface area contributed by atoms with Crippen molar-refractivity contribution in [2.45, 2.75) is 25.2 Å². The highest BCUT2D eigenvalue weighted by atomic mass is 16.5. The van der Waals surface area contributed by atoms with Crippen LogP contribution in [0.2, 0.25) is 0 Å². The number of aliphatic hydroxyl groups excluding tert-OH is 1. The summed E-state index contributed by atoms with van der Waals surface area (Å²) in [5.74, 6) is -0.125. The minimum atomic E-state index is -0.661. The first-order valence-corrected chi connectivity index (χ1v) is 6.47. The minimum absolute atomic E-state index is 0.0853. The number of nitrogens with two attached hydrogens (primary N) is 1. The Kier molecular flexibility index (Phi) is 4.52. The first-order valence-electron chi connectivity index (χ1n) is 6.47. The van der Waals surface area contributed by atoms with E-state index in [9.17, 15) is 4.79 Å². The number of rotatable bonds is 3.